The second-order valence-electron chi connectivity index (χ2n) is 6.02. The maximum atomic E-state index is 11.9. The van der Waals surface area contributed by atoms with Crippen molar-refractivity contribution in [2.45, 2.75) is 18.4 Å². The first-order valence-electron chi connectivity index (χ1n) is 8.27. The van der Waals surface area contributed by atoms with E-state index in [0.29, 0.717) is 4.90 Å². The Morgan fingerprint density at radius 2 is 1.58 bits per heavy atom. The summed E-state index contributed by atoms with van der Waals surface area (Å²) >= 11 is 0. The zero-order chi connectivity index (χ0) is 17.0. The summed E-state index contributed by atoms with van der Waals surface area (Å²) in [5.74, 6) is 0.139. The summed E-state index contributed by atoms with van der Waals surface area (Å²) in [6.45, 7) is 6.51. The first-order valence-corrected chi connectivity index (χ1v) is 9.93. The Morgan fingerprint density at radius 1 is 0.958 bits per heavy atom. The zero-order valence-corrected chi connectivity index (χ0v) is 14.7. The molecule has 1 saturated heterocycles. The van der Waals surface area contributed by atoms with Crippen LogP contribution in [0.4, 0.5) is 5.69 Å². The maximum Gasteiger partial charge on any atom is 0.178 e. The molecule has 1 aliphatic heterocycles. The van der Waals surface area contributed by atoms with Crippen LogP contribution < -0.4 is 4.90 Å². The van der Waals surface area contributed by atoms with E-state index in [9.17, 15) is 8.42 Å². The molecule has 0 saturated carbocycles. The van der Waals surface area contributed by atoms with Crippen molar-refractivity contribution in [1.82, 2.24) is 9.88 Å². The summed E-state index contributed by atoms with van der Waals surface area (Å²) in [6.07, 6.45) is 3.66. The van der Waals surface area contributed by atoms with Gasteiger partial charge in [0, 0.05) is 50.8 Å². The normalized spacial score (nSPS) is 16.3. The van der Waals surface area contributed by atoms with Gasteiger partial charge in [-0.1, -0.05) is 6.92 Å². The molecule has 0 amide bonds. The number of benzene rings is 1. The highest BCUT2D eigenvalue weighted by Gasteiger charge is 2.18. The monoisotopic (exact) mass is 345 g/mol. The van der Waals surface area contributed by atoms with Crippen LogP contribution in [0.3, 0.4) is 0 Å². The second-order valence-corrected chi connectivity index (χ2v) is 8.29. The molecule has 24 heavy (non-hydrogen) atoms. The predicted octanol–water partition coefficient (Wildman–Crippen LogP) is 2.20. The predicted molar refractivity (Wildman–Crippen MR) is 95.9 cm³/mol. The number of piperazine rings is 1. The lowest BCUT2D eigenvalue weighted by Gasteiger charge is -2.36. The van der Waals surface area contributed by atoms with Gasteiger partial charge in [-0.05, 0) is 42.0 Å². The molecule has 0 bridgehead atoms. The van der Waals surface area contributed by atoms with E-state index in [4.69, 9.17) is 0 Å². The van der Waals surface area contributed by atoms with E-state index in [-0.39, 0.29) is 5.75 Å². The molecule has 0 radical (unpaired) electrons. The number of sulfone groups is 1. The van der Waals surface area contributed by atoms with Crippen molar-refractivity contribution in [3.8, 4) is 0 Å². The Labute approximate surface area is 143 Å². The summed E-state index contributed by atoms with van der Waals surface area (Å²) in [5, 5.41) is 0. The van der Waals surface area contributed by atoms with Crippen molar-refractivity contribution in [1.29, 1.82) is 0 Å². The van der Waals surface area contributed by atoms with Gasteiger partial charge >= 0.3 is 0 Å². The second kappa shape index (κ2) is 7.32. The number of rotatable bonds is 5. The van der Waals surface area contributed by atoms with Crippen LogP contribution in [0.15, 0.2) is 53.7 Å². The van der Waals surface area contributed by atoms with Crippen LogP contribution in [0, 0.1) is 0 Å². The Bertz CT molecular complexity index is 753. The Morgan fingerprint density at radius 3 is 2.17 bits per heavy atom. The van der Waals surface area contributed by atoms with Gasteiger partial charge < -0.3 is 4.90 Å². The van der Waals surface area contributed by atoms with E-state index in [1.165, 1.54) is 5.56 Å². The average molecular weight is 345 g/mol. The van der Waals surface area contributed by atoms with Crippen molar-refractivity contribution >= 4 is 15.5 Å². The van der Waals surface area contributed by atoms with Gasteiger partial charge in [0.1, 0.15) is 0 Å². The molecule has 5 nitrogen and oxygen atoms in total. The van der Waals surface area contributed by atoms with E-state index in [0.717, 1.165) is 38.4 Å². The van der Waals surface area contributed by atoms with Crippen LogP contribution in [0.25, 0.3) is 0 Å². The van der Waals surface area contributed by atoms with Crippen LogP contribution in [0.5, 0.6) is 0 Å². The van der Waals surface area contributed by atoms with E-state index in [1.54, 1.807) is 19.1 Å². The maximum absolute atomic E-state index is 11.9. The van der Waals surface area contributed by atoms with Gasteiger partial charge in [-0.2, -0.15) is 0 Å². The standard InChI is InChI=1S/C18H23N3O2S/c1-2-24(22,23)18-5-3-17(4-6-18)21-13-11-20(12-14-21)15-16-7-9-19-10-8-16/h3-10H,2,11-15H2,1H3. The average Bonchev–Trinajstić information content (AvgIpc) is 2.63. The SMILES string of the molecule is CCS(=O)(=O)c1ccc(N2CCN(Cc3ccncc3)CC2)cc1. The fraction of sp³-hybridized carbons (Fsp3) is 0.389. The molecule has 1 fully saturated rings. The fourth-order valence-corrected chi connectivity index (χ4v) is 3.83. The first kappa shape index (κ1) is 16.9. The molecule has 6 heteroatoms. The van der Waals surface area contributed by atoms with Crippen molar-refractivity contribution in [2.24, 2.45) is 0 Å². The molecule has 0 atom stereocenters. The first-order chi connectivity index (χ1) is 11.6. The van der Waals surface area contributed by atoms with E-state index in [2.05, 4.69) is 26.9 Å². The molecule has 0 unspecified atom stereocenters. The van der Waals surface area contributed by atoms with Crippen LogP contribution in [-0.2, 0) is 16.4 Å². The quantitative estimate of drug-likeness (QED) is 0.831. The molecular formula is C18H23N3O2S. The molecule has 0 aliphatic carbocycles. The van der Waals surface area contributed by atoms with Crippen molar-refractivity contribution in [3.05, 3.63) is 54.4 Å². The topological polar surface area (TPSA) is 53.5 Å². The molecule has 3 rings (SSSR count). The Balaban J connectivity index is 1.59. The Kier molecular flexibility index (Phi) is 5.16. The van der Waals surface area contributed by atoms with Crippen molar-refractivity contribution in [3.63, 3.8) is 0 Å². The van der Waals surface area contributed by atoms with Gasteiger partial charge in [-0.3, -0.25) is 9.88 Å². The molecule has 0 N–H and O–H groups in total. The lowest BCUT2D eigenvalue weighted by molar-refractivity contribution is 0.250. The van der Waals surface area contributed by atoms with Crippen LogP contribution in [-0.4, -0.2) is 50.2 Å². The van der Waals surface area contributed by atoms with Crippen molar-refractivity contribution in [2.75, 3.05) is 36.8 Å². The lowest BCUT2D eigenvalue weighted by Crippen LogP contribution is -2.45. The van der Waals surface area contributed by atoms with Gasteiger partial charge in [-0.15, -0.1) is 0 Å². The van der Waals surface area contributed by atoms with Gasteiger partial charge in [0.2, 0.25) is 0 Å². The summed E-state index contributed by atoms with van der Waals surface area (Å²) < 4.78 is 23.8. The Hall–Kier alpha value is -1.92. The fourth-order valence-electron chi connectivity index (χ4n) is 2.94. The highest BCUT2D eigenvalue weighted by molar-refractivity contribution is 7.91. The lowest BCUT2D eigenvalue weighted by atomic mass is 10.2. The summed E-state index contributed by atoms with van der Waals surface area (Å²) in [7, 11) is -3.12. The molecule has 1 aliphatic rings. The van der Waals surface area contributed by atoms with E-state index >= 15 is 0 Å². The largest absolute Gasteiger partial charge is 0.369 e. The van der Waals surface area contributed by atoms with Crippen LogP contribution >= 0.6 is 0 Å². The summed E-state index contributed by atoms with van der Waals surface area (Å²) in [6, 6.07) is 11.4. The summed E-state index contributed by atoms with van der Waals surface area (Å²) in [5.41, 5.74) is 2.38. The summed E-state index contributed by atoms with van der Waals surface area (Å²) in [4.78, 5) is 9.20. The minimum Gasteiger partial charge on any atom is -0.369 e. The van der Waals surface area contributed by atoms with Crippen LogP contribution in [0.2, 0.25) is 0 Å². The highest BCUT2D eigenvalue weighted by Crippen LogP contribution is 2.20. The van der Waals surface area contributed by atoms with E-state index < -0.39 is 9.84 Å². The van der Waals surface area contributed by atoms with E-state index in [1.807, 2.05) is 24.5 Å². The van der Waals surface area contributed by atoms with Crippen molar-refractivity contribution < 1.29 is 8.42 Å². The number of pyridine rings is 1. The third kappa shape index (κ3) is 3.94. The molecule has 2 heterocycles. The number of nitrogens with zero attached hydrogens (tertiary/aromatic N) is 3. The number of hydrogen-bond donors (Lipinski definition) is 0. The molecular weight excluding hydrogens is 322 g/mol. The molecule has 0 spiro atoms. The smallest absolute Gasteiger partial charge is 0.178 e. The number of hydrogen-bond acceptors (Lipinski definition) is 5. The van der Waals surface area contributed by atoms with Gasteiger partial charge in [-0.25, -0.2) is 8.42 Å². The minimum atomic E-state index is -3.12. The van der Waals surface area contributed by atoms with Gasteiger partial charge in [0.25, 0.3) is 0 Å². The highest BCUT2D eigenvalue weighted by atomic mass is 32.2. The third-order valence-corrected chi connectivity index (χ3v) is 6.22. The van der Waals surface area contributed by atoms with Gasteiger partial charge in [0.05, 0.1) is 10.6 Å². The van der Waals surface area contributed by atoms with Crippen LogP contribution in [0.1, 0.15) is 12.5 Å². The minimum absolute atomic E-state index is 0.139. The molecule has 2 aromatic rings. The molecule has 1 aromatic heterocycles. The zero-order valence-electron chi connectivity index (χ0n) is 13.9. The number of anilines is 1. The molecule has 1 aromatic carbocycles. The molecule has 128 valence electrons. The third-order valence-electron chi connectivity index (χ3n) is 4.47. The van der Waals surface area contributed by atoms with Gasteiger partial charge in [0.15, 0.2) is 9.84 Å². The number of aromatic nitrogens is 1.